The first-order valence-corrected chi connectivity index (χ1v) is 4.78. The largest absolute Gasteiger partial charge is 0.489 e. The number of nitrogens with zero attached hydrogens (tertiary/aromatic N) is 1. The molecule has 0 aliphatic heterocycles. The van der Waals surface area contributed by atoms with Crippen molar-refractivity contribution in [1.29, 1.82) is 1.45 Å². The van der Waals surface area contributed by atoms with E-state index in [9.17, 15) is 0 Å². The fourth-order valence-corrected chi connectivity index (χ4v) is 1.43. The first-order valence-electron chi connectivity index (χ1n) is 5.15. The number of aromatic nitrogens is 1. The molecule has 1 heterocycles. The van der Waals surface area contributed by atoms with Crippen LogP contribution in [-0.4, -0.2) is 12.5 Å². The van der Waals surface area contributed by atoms with Crippen LogP contribution in [-0.2, 0) is 0 Å². The average Bonchev–Trinajstić information content (AvgIpc) is 2.31. The SMILES string of the molecule is C.CC(C)Oc1cccc2cccnc12.[3H]F. The van der Waals surface area contributed by atoms with Crippen molar-refractivity contribution in [3.05, 3.63) is 36.5 Å². The third-order valence-corrected chi connectivity index (χ3v) is 1.96. The highest BCUT2D eigenvalue weighted by atomic mass is 19.0. The summed E-state index contributed by atoms with van der Waals surface area (Å²) in [6, 6.07) is 9.95. The molecule has 0 saturated carbocycles. The van der Waals surface area contributed by atoms with Crippen molar-refractivity contribution in [1.82, 2.24) is 4.98 Å². The summed E-state index contributed by atoms with van der Waals surface area (Å²) < 4.78 is 18.7. The van der Waals surface area contributed by atoms with Gasteiger partial charge in [-0.15, -0.1) is 0 Å². The Morgan fingerprint density at radius 1 is 1.25 bits per heavy atom. The van der Waals surface area contributed by atoms with Gasteiger partial charge in [0, 0.05) is 11.6 Å². The Bertz CT molecular complexity index is 443. The highest BCUT2D eigenvalue weighted by Crippen LogP contribution is 2.23. The molecule has 2 aromatic rings. The van der Waals surface area contributed by atoms with Crippen LogP contribution in [0.3, 0.4) is 0 Å². The molecule has 1 aromatic carbocycles. The molecule has 16 heavy (non-hydrogen) atoms. The normalized spacial score (nSPS) is 9.88. The minimum absolute atomic E-state index is 0. The lowest BCUT2D eigenvalue weighted by atomic mass is 10.2. The van der Waals surface area contributed by atoms with Gasteiger partial charge in [-0.05, 0) is 26.0 Å². The van der Waals surface area contributed by atoms with Crippen LogP contribution >= 0.6 is 0 Å². The summed E-state index contributed by atoms with van der Waals surface area (Å²) in [4.78, 5) is 4.31. The number of fused-ring (bicyclic) bond motifs is 1. The van der Waals surface area contributed by atoms with Crippen LogP contribution < -0.4 is 4.74 Å². The third-order valence-electron chi connectivity index (χ3n) is 1.96. The van der Waals surface area contributed by atoms with Crippen LogP contribution in [0.4, 0.5) is 4.72 Å². The summed E-state index contributed by atoms with van der Waals surface area (Å²) in [5.74, 6) is 0.859. The minimum Gasteiger partial charge on any atom is -0.489 e. The molecule has 1 aromatic heterocycles. The molecule has 0 amide bonds. The van der Waals surface area contributed by atoms with E-state index in [1.165, 1.54) is 0 Å². The highest BCUT2D eigenvalue weighted by Gasteiger charge is 2.03. The van der Waals surface area contributed by atoms with Crippen LogP contribution in [0.15, 0.2) is 36.5 Å². The minimum atomic E-state index is 0. The van der Waals surface area contributed by atoms with Gasteiger partial charge in [-0.25, -0.2) is 0 Å². The zero-order chi connectivity index (χ0) is 12.0. The van der Waals surface area contributed by atoms with Gasteiger partial charge in [0.05, 0.1) is 6.10 Å². The molecule has 0 aliphatic rings. The number of ether oxygens (including phenoxy) is 1. The Hall–Kier alpha value is -1.64. The second kappa shape index (κ2) is 6.05. The Kier molecular flexibility index (Phi) is 4.70. The van der Waals surface area contributed by atoms with E-state index in [0.29, 0.717) is 0 Å². The predicted molar refractivity (Wildman–Crippen MR) is 66.7 cm³/mol. The lowest BCUT2D eigenvalue weighted by Gasteiger charge is -2.10. The predicted octanol–water partition coefficient (Wildman–Crippen LogP) is 3.81. The molecular weight excluding hydrogens is 205 g/mol. The monoisotopic (exact) mass is 225 g/mol. The van der Waals surface area contributed by atoms with E-state index < -0.39 is 0 Å². The quantitative estimate of drug-likeness (QED) is 0.775. The van der Waals surface area contributed by atoms with Gasteiger partial charge in [0.1, 0.15) is 11.3 Å². The van der Waals surface area contributed by atoms with Gasteiger partial charge in [0.2, 0.25) is 0 Å². The van der Waals surface area contributed by atoms with E-state index in [2.05, 4.69) is 6.43 Å². The number of hydrogen-bond donors (Lipinski definition) is 0. The van der Waals surface area contributed by atoms with Crippen molar-refractivity contribution in [2.24, 2.45) is 0 Å². The standard InChI is InChI=1S/C12H13NO.CH4.FH/c1-9(2)14-11-7-3-5-10-6-4-8-13-12(10)11;;/h3-9H,1-2H3;1H4;1H/i/hT. The van der Waals surface area contributed by atoms with Gasteiger partial charge in [0.15, 0.2) is 0 Å². The fourth-order valence-electron chi connectivity index (χ4n) is 1.43. The number of rotatable bonds is 2. The average molecular weight is 225 g/mol. The lowest BCUT2D eigenvalue weighted by Crippen LogP contribution is -2.06. The summed E-state index contributed by atoms with van der Waals surface area (Å²) in [6.45, 7) is 4.03. The highest BCUT2D eigenvalue weighted by molar-refractivity contribution is 5.84. The zero-order valence-corrected chi connectivity index (χ0v) is 8.77. The Morgan fingerprint density at radius 3 is 2.62 bits per heavy atom. The van der Waals surface area contributed by atoms with Crippen molar-refractivity contribution in [3.8, 4) is 5.75 Å². The van der Waals surface area contributed by atoms with Crippen LogP contribution in [0.5, 0.6) is 5.75 Å². The van der Waals surface area contributed by atoms with Gasteiger partial charge < -0.3 is 4.74 Å². The van der Waals surface area contributed by atoms with Crippen molar-refractivity contribution in [2.45, 2.75) is 27.4 Å². The molecular formula is C13H18FNO. The van der Waals surface area contributed by atoms with Crippen molar-refractivity contribution in [3.63, 3.8) is 0 Å². The molecule has 0 atom stereocenters. The summed E-state index contributed by atoms with van der Waals surface area (Å²) >= 11 is 0. The van der Waals surface area contributed by atoms with Gasteiger partial charge in [-0.1, -0.05) is 25.6 Å². The van der Waals surface area contributed by atoms with Crippen LogP contribution in [0.25, 0.3) is 10.9 Å². The van der Waals surface area contributed by atoms with Gasteiger partial charge in [-0.3, -0.25) is 9.70 Å². The van der Waals surface area contributed by atoms with Crippen LogP contribution in [0.1, 0.15) is 21.3 Å². The summed E-state index contributed by atoms with van der Waals surface area (Å²) in [5.41, 5.74) is 0.934. The molecule has 2 rings (SSSR count). The van der Waals surface area contributed by atoms with E-state index in [0.717, 1.165) is 16.7 Å². The molecule has 3 heteroatoms. The van der Waals surface area contributed by atoms with E-state index in [1.807, 2.05) is 44.2 Å². The number of hydrogen-bond acceptors (Lipinski definition) is 2. The number of para-hydroxylation sites is 1. The molecule has 0 spiro atoms. The number of benzene rings is 1. The maximum absolute atomic E-state index is 8.75. The Morgan fingerprint density at radius 2 is 1.94 bits per heavy atom. The van der Waals surface area contributed by atoms with E-state index in [1.54, 1.807) is 6.20 Å². The van der Waals surface area contributed by atoms with Crippen molar-refractivity contribution >= 4 is 10.9 Å². The van der Waals surface area contributed by atoms with E-state index in [-0.39, 0.29) is 13.5 Å². The molecule has 0 saturated heterocycles. The number of halogens is 1. The lowest BCUT2D eigenvalue weighted by molar-refractivity contribution is 0.245. The summed E-state index contributed by atoms with van der Waals surface area (Å²) in [6.07, 6.45) is 1.97. The summed E-state index contributed by atoms with van der Waals surface area (Å²) in [5, 5.41) is 1.12. The Labute approximate surface area is 97.2 Å². The topological polar surface area (TPSA) is 22.1 Å². The smallest absolute Gasteiger partial charge is 0.269 e. The second-order valence-corrected chi connectivity index (χ2v) is 3.50. The number of pyridine rings is 1. The third kappa shape index (κ3) is 2.92. The van der Waals surface area contributed by atoms with Crippen LogP contribution in [0, 0.1) is 0 Å². The molecule has 0 unspecified atom stereocenters. The molecule has 2 nitrogen and oxygen atoms in total. The van der Waals surface area contributed by atoms with Crippen LogP contribution in [0.2, 0.25) is 0 Å². The summed E-state index contributed by atoms with van der Waals surface area (Å²) in [7, 11) is 0. The zero-order valence-electron chi connectivity index (χ0n) is 9.77. The van der Waals surface area contributed by atoms with E-state index >= 15 is 0 Å². The molecule has 0 radical (unpaired) electrons. The van der Waals surface area contributed by atoms with Gasteiger partial charge >= 0.3 is 0 Å². The van der Waals surface area contributed by atoms with Gasteiger partial charge in [0.25, 0.3) is 1.45 Å². The Balaban J connectivity index is 0.000000811. The van der Waals surface area contributed by atoms with Crippen molar-refractivity contribution < 1.29 is 9.45 Å². The fraction of sp³-hybridized carbons (Fsp3) is 0.308. The van der Waals surface area contributed by atoms with Gasteiger partial charge in [-0.2, -0.15) is 0 Å². The molecule has 0 N–H and O–H groups in total. The maximum Gasteiger partial charge on any atom is 0.269 e. The molecule has 0 fully saturated rings. The maximum atomic E-state index is 8.75. The molecule has 0 bridgehead atoms. The van der Waals surface area contributed by atoms with Crippen molar-refractivity contribution in [2.75, 3.05) is 0 Å². The first-order chi connectivity index (χ1) is 7.77. The molecule has 88 valence electrons. The van der Waals surface area contributed by atoms with E-state index in [4.69, 9.17) is 9.45 Å². The first kappa shape index (κ1) is 12.4. The molecule has 0 aliphatic carbocycles. The second-order valence-electron chi connectivity index (χ2n) is 3.50.